The molecule has 0 bridgehead atoms. The van der Waals surface area contributed by atoms with Crippen molar-refractivity contribution in [1.29, 1.82) is 0 Å². The van der Waals surface area contributed by atoms with Crippen molar-refractivity contribution in [2.24, 2.45) is 0 Å². The van der Waals surface area contributed by atoms with Crippen molar-refractivity contribution in [3.63, 3.8) is 0 Å². The number of rotatable bonds is 2. The van der Waals surface area contributed by atoms with Crippen LogP contribution in [0.5, 0.6) is 0 Å². The summed E-state index contributed by atoms with van der Waals surface area (Å²) in [5.41, 5.74) is 9.15. The highest BCUT2D eigenvalue weighted by molar-refractivity contribution is 5.73. The molecule has 80 valence electrons. The lowest BCUT2D eigenvalue weighted by Gasteiger charge is -2.08. The van der Waals surface area contributed by atoms with Crippen LogP contribution in [0.3, 0.4) is 0 Å². The Hall–Kier alpha value is -1.32. The average Bonchev–Trinajstić information content (AvgIpc) is 2.75. The molecule has 4 N–H and O–H groups in total. The molecule has 1 saturated carbocycles. The first-order valence-corrected chi connectivity index (χ1v) is 4.92. The van der Waals surface area contributed by atoms with Gasteiger partial charge in [-0.1, -0.05) is 12.6 Å². The molecule has 3 heteroatoms. The van der Waals surface area contributed by atoms with Gasteiger partial charge in [-0.3, -0.25) is 0 Å². The minimum absolute atomic E-state index is 0.184. The zero-order valence-electron chi connectivity index (χ0n) is 8.70. The molecule has 1 fully saturated rings. The third-order valence-electron chi connectivity index (χ3n) is 2.84. The van der Waals surface area contributed by atoms with Gasteiger partial charge in [0.1, 0.15) is 0 Å². The summed E-state index contributed by atoms with van der Waals surface area (Å²) < 4.78 is 0. The van der Waals surface area contributed by atoms with Gasteiger partial charge in [-0.05, 0) is 35.8 Å². The molecular weight excluding hydrogens is 190 g/mol. The molecule has 0 unspecified atom stereocenters. The summed E-state index contributed by atoms with van der Waals surface area (Å²) in [4.78, 5) is 0. The summed E-state index contributed by atoms with van der Waals surface area (Å²) in [5, 5.41) is 18.7. The number of aliphatic hydroxyl groups is 2. The van der Waals surface area contributed by atoms with E-state index in [-0.39, 0.29) is 5.92 Å². The molecule has 1 aliphatic rings. The molecule has 0 radical (unpaired) electrons. The lowest BCUT2D eigenvalue weighted by molar-refractivity contribution is -0.0734. The summed E-state index contributed by atoms with van der Waals surface area (Å²) in [6.07, 6.45) is 0.395. The van der Waals surface area contributed by atoms with Crippen LogP contribution >= 0.6 is 0 Å². The molecule has 1 aliphatic carbocycles. The van der Waals surface area contributed by atoms with Crippen LogP contribution in [-0.2, 0) is 0 Å². The Morgan fingerprint density at radius 2 is 2.13 bits per heavy atom. The zero-order chi connectivity index (χ0) is 11.2. The summed E-state index contributed by atoms with van der Waals surface area (Å²) in [7, 11) is 0. The number of hydrogen-bond donors (Lipinski definition) is 3. The smallest absolute Gasteiger partial charge is 0.170 e. The Labute approximate surface area is 88.9 Å². The molecule has 15 heavy (non-hydrogen) atoms. The van der Waals surface area contributed by atoms with E-state index in [1.165, 1.54) is 0 Å². The summed E-state index contributed by atoms with van der Waals surface area (Å²) in [6, 6.07) is 5.50. The summed E-state index contributed by atoms with van der Waals surface area (Å²) >= 11 is 0. The van der Waals surface area contributed by atoms with Crippen molar-refractivity contribution in [3.8, 4) is 0 Å². The maximum absolute atomic E-state index is 9.35. The van der Waals surface area contributed by atoms with Gasteiger partial charge < -0.3 is 15.9 Å². The van der Waals surface area contributed by atoms with E-state index in [4.69, 9.17) is 5.73 Å². The Morgan fingerprint density at radius 3 is 2.60 bits per heavy atom. The molecule has 0 heterocycles. The minimum atomic E-state index is -1.53. The third kappa shape index (κ3) is 1.76. The lowest BCUT2D eigenvalue weighted by Crippen LogP contribution is -2.07. The largest absolute Gasteiger partial charge is 0.398 e. The number of allylic oxidation sites excluding steroid dienone is 1. The second kappa shape index (κ2) is 3.08. The molecule has 1 aromatic carbocycles. The second-order valence-electron chi connectivity index (χ2n) is 4.26. The van der Waals surface area contributed by atoms with E-state index >= 15 is 0 Å². The molecule has 0 aromatic heterocycles. The lowest BCUT2D eigenvalue weighted by atomic mass is 10.0. The number of nitrogens with two attached hydrogens (primary N) is 1. The first-order valence-electron chi connectivity index (χ1n) is 4.92. The highest BCUT2D eigenvalue weighted by Crippen LogP contribution is 2.49. The van der Waals surface area contributed by atoms with E-state index in [0.717, 1.165) is 16.7 Å². The fourth-order valence-corrected chi connectivity index (χ4v) is 1.79. The normalized spacial score (nSPS) is 22.5. The molecule has 0 amide bonds. The molecule has 0 spiro atoms. The Bertz CT molecular complexity index is 424. The molecule has 1 aromatic rings. The van der Waals surface area contributed by atoms with E-state index in [1.807, 2.05) is 19.1 Å². The maximum Gasteiger partial charge on any atom is 0.170 e. The van der Waals surface area contributed by atoms with Crippen LogP contribution in [0, 0.1) is 0 Å². The van der Waals surface area contributed by atoms with Crippen molar-refractivity contribution in [2.45, 2.75) is 25.0 Å². The van der Waals surface area contributed by atoms with E-state index < -0.39 is 5.79 Å². The van der Waals surface area contributed by atoms with Gasteiger partial charge in [-0.15, -0.1) is 0 Å². The zero-order valence-corrected chi connectivity index (χ0v) is 8.70. The molecule has 0 aliphatic heterocycles. The van der Waals surface area contributed by atoms with Crippen LogP contribution in [0.4, 0.5) is 5.69 Å². The molecule has 1 atom stereocenters. The van der Waals surface area contributed by atoms with Crippen molar-refractivity contribution < 1.29 is 10.2 Å². The Kier molecular flexibility index (Phi) is 2.10. The number of anilines is 1. The Balaban J connectivity index is 2.36. The molecule has 3 nitrogen and oxygen atoms in total. The monoisotopic (exact) mass is 205 g/mol. The van der Waals surface area contributed by atoms with Crippen LogP contribution in [-0.4, -0.2) is 16.0 Å². The topological polar surface area (TPSA) is 66.5 Å². The van der Waals surface area contributed by atoms with Crippen molar-refractivity contribution in [3.05, 3.63) is 35.9 Å². The summed E-state index contributed by atoms with van der Waals surface area (Å²) in [5.74, 6) is -1.71. The maximum atomic E-state index is 9.35. The van der Waals surface area contributed by atoms with E-state index in [9.17, 15) is 10.2 Å². The van der Waals surface area contributed by atoms with Crippen LogP contribution in [0.15, 0.2) is 24.8 Å². The summed E-state index contributed by atoms with van der Waals surface area (Å²) in [6.45, 7) is 5.72. The van der Waals surface area contributed by atoms with Gasteiger partial charge in [-0.2, -0.15) is 0 Å². The van der Waals surface area contributed by atoms with Gasteiger partial charge in [0.05, 0.1) is 0 Å². The van der Waals surface area contributed by atoms with Crippen LogP contribution in [0.1, 0.15) is 30.4 Å². The quantitative estimate of drug-likeness (QED) is 0.506. The Morgan fingerprint density at radius 1 is 1.53 bits per heavy atom. The minimum Gasteiger partial charge on any atom is -0.398 e. The van der Waals surface area contributed by atoms with E-state index in [0.29, 0.717) is 12.1 Å². The number of benzene rings is 1. The van der Waals surface area contributed by atoms with Crippen molar-refractivity contribution in [1.82, 2.24) is 0 Å². The van der Waals surface area contributed by atoms with Gasteiger partial charge in [-0.25, -0.2) is 0 Å². The van der Waals surface area contributed by atoms with Crippen molar-refractivity contribution >= 4 is 11.3 Å². The van der Waals surface area contributed by atoms with Gasteiger partial charge in [0.15, 0.2) is 5.79 Å². The standard InChI is InChI=1S/C12H15NO2/c1-7(2)9-5-8(3-4-11(9)13)10-6-12(10,14)15/h3-5,10,14-15H,1,6,13H2,2H3/t10-/m1/s1. The van der Waals surface area contributed by atoms with Gasteiger partial charge in [0, 0.05) is 18.0 Å². The SMILES string of the molecule is C=C(C)c1cc([C@H]2CC2(O)O)ccc1N. The fourth-order valence-electron chi connectivity index (χ4n) is 1.79. The number of hydrogen-bond acceptors (Lipinski definition) is 3. The van der Waals surface area contributed by atoms with Crippen molar-refractivity contribution in [2.75, 3.05) is 5.73 Å². The second-order valence-corrected chi connectivity index (χ2v) is 4.26. The molecule has 0 saturated heterocycles. The van der Waals surface area contributed by atoms with E-state index in [2.05, 4.69) is 6.58 Å². The van der Waals surface area contributed by atoms with Gasteiger partial charge in [0.25, 0.3) is 0 Å². The fraction of sp³-hybridized carbons (Fsp3) is 0.333. The highest BCUT2D eigenvalue weighted by atomic mass is 16.5. The highest BCUT2D eigenvalue weighted by Gasteiger charge is 2.52. The average molecular weight is 205 g/mol. The van der Waals surface area contributed by atoms with E-state index in [1.54, 1.807) is 6.07 Å². The first-order chi connectivity index (χ1) is 6.92. The predicted molar refractivity (Wildman–Crippen MR) is 60.1 cm³/mol. The van der Waals surface area contributed by atoms with Gasteiger partial charge in [0.2, 0.25) is 0 Å². The molecule has 2 rings (SSSR count). The van der Waals surface area contributed by atoms with Crippen LogP contribution in [0.2, 0.25) is 0 Å². The van der Waals surface area contributed by atoms with Crippen LogP contribution in [0.25, 0.3) is 5.57 Å². The first kappa shape index (κ1) is 10.2. The number of nitrogen functional groups attached to an aromatic ring is 1. The third-order valence-corrected chi connectivity index (χ3v) is 2.84. The predicted octanol–water partition coefficient (Wildman–Crippen LogP) is 1.47. The van der Waals surface area contributed by atoms with Crippen LogP contribution < -0.4 is 5.73 Å². The molecular formula is C12H15NO2. The van der Waals surface area contributed by atoms with Gasteiger partial charge >= 0.3 is 0 Å².